The second kappa shape index (κ2) is 13.3. The number of nitrogens with one attached hydrogen (secondary N) is 1. The molecule has 0 saturated carbocycles. The fourth-order valence-electron chi connectivity index (χ4n) is 1.76. The molecule has 1 aromatic carbocycles. The molecule has 21 heavy (non-hydrogen) atoms. The molecular formula is C15H24Cl2N2OS. The first-order valence-corrected chi connectivity index (χ1v) is 8.44. The minimum atomic E-state index is 0. The Balaban J connectivity index is 0.00000400. The number of carbonyl (C=O) groups excluding carboxylic acids is 1. The van der Waals surface area contributed by atoms with Crippen molar-refractivity contribution in [2.45, 2.75) is 37.0 Å². The number of halogens is 2. The molecule has 3 nitrogen and oxygen atoms in total. The first kappa shape index (κ1) is 20.6. The second-order valence-corrected chi connectivity index (χ2v) is 6.21. The Morgan fingerprint density at radius 3 is 2.48 bits per heavy atom. The lowest BCUT2D eigenvalue weighted by atomic mass is 10.1. The van der Waals surface area contributed by atoms with Crippen molar-refractivity contribution in [3.8, 4) is 0 Å². The summed E-state index contributed by atoms with van der Waals surface area (Å²) in [6, 6.07) is 7.74. The molecule has 1 amide bonds. The van der Waals surface area contributed by atoms with E-state index >= 15 is 0 Å². The van der Waals surface area contributed by atoms with Crippen LogP contribution in [0.25, 0.3) is 0 Å². The summed E-state index contributed by atoms with van der Waals surface area (Å²) < 4.78 is 0. The van der Waals surface area contributed by atoms with Crippen LogP contribution in [-0.4, -0.2) is 24.7 Å². The number of thioether (sulfide) groups is 1. The van der Waals surface area contributed by atoms with Gasteiger partial charge in [-0.1, -0.05) is 24.4 Å². The van der Waals surface area contributed by atoms with Crippen molar-refractivity contribution in [1.29, 1.82) is 0 Å². The second-order valence-electron chi connectivity index (χ2n) is 4.61. The fourth-order valence-corrected chi connectivity index (χ4v) is 2.66. The Bertz CT molecular complexity index is 388. The van der Waals surface area contributed by atoms with E-state index in [-0.39, 0.29) is 18.3 Å². The number of unbranched alkanes of at least 4 members (excludes halogenated alkanes) is 3. The van der Waals surface area contributed by atoms with E-state index in [1.165, 1.54) is 4.90 Å². The van der Waals surface area contributed by atoms with Gasteiger partial charge in [0.25, 0.3) is 0 Å². The molecule has 0 aliphatic heterocycles. The number of amides is 1. The van der Waals surface area contributed by atoms with Gasteiger partial charge in [-0.3, -0.25) is 4.79 Å². The summed E-state index contributed by atoms with van der Waals surface area (Å²) in [7, 11) is 0. The highest BCUT2D eigenvalue weighted by Crippen LogP contribution is 2.19. The molecule has 0 aromatic heterocycles. The van der Waals surface area contributed by atoms with Crippen LogP contribution in [0.15, 0.2) is 29.2 Å². The summed E-state index contributed by atoms with van der Waals surface area (Å²) >= 11 is 7.54. The summed E-state index contributed by atoms with van der Waals surface area (Å²) in [5.74, 6) is 1.02. The van der Waals surface area contributed by atoms with Gasteiger partial charge in [0.05, 0.1) is 0 Å². The summed E-state index contributed by atoms with van der Waals surface area (Å²) in [5.41, 5.74) is 5.42. The molecule has 0 aliphatic rings. The van der Waals surface area contributed by atoms with E-state index in [0.717, 1.165) is 43.0 Å². The van der Waals surface area contributed by atoms with Crippen LogP contribution in [0.4, 0.5) is 0 Å². The van der Waals surface area contributed by atoms with Gasteiger partial charge in [-0.15, -0.1) is 24.2 Å². The molecule has 0 heterocycles. The standard InChI is InChI=1S/C15H23ClN2OS.ClH/c16-13-6-8-14(9-7-13)20-12-11-18-15(19)5-3-1-2-4-10-17;/h6-9H,1-5,10-12,17H2,(H,18,19);1H. The highest BCUT2D eigenvalue weighted by atomic mass is 35.5. The average molecular weight is 351 g/mol. The van der Waals surface area contributed by atoms with Gasteiger partial charge >= 0.3 is 0 Å². The van der Waals surface area contributed by atoms with Crippen LogP contribution in [0.5, 0.6) is 0 Å². The number of hydrogen-bond acceptors (Lipinski definition) is 3. The van der Waals surface area contributed by atoms with Gasteiger partial charge in [-0.2, -0.15) is 0 Å². The van der Waals surface area contributed by atoms with Crippen molar-refractivity contribution in [1.82, 2.24) is 5.32 Å². The van der Waals surface area contributed by atoms with Gasteiger partial charge in [0.1, 0.15) is 0 Å². The monoisotopic (exact) mass is 350 g/mol. The molecule has 0 radical (unpaired) electrons. The van der Waals surface area contributed by atoms with Gasteiger partial charge < -0.3 is 11.1 Å². The predicted molar refractivity (Wildman–Crippen MR) is 94.6 cm³/mol. The van der Waals surface area contributed by atoms with Crippen LogP contribution in [0, 0.1) is 0 Å². The Morgan fingerprint density at radius 1 is 1.14 bits per heavy atom. The maximum Gasteiger partial charge on any atom is 0.220 e. The van der Waals surface area contributed by atoms with E-state index < -0.39 is 0 Å². The quantitative estimate of drug-likeness (QED) is 0.497. The van der Waals surface area contributed by atoms with Gasteiger partial charge in [-0.05, 0) is 43.7 Å². The van der Waals surface area contributed by atoms with E-state index in [0.29, 0.717) is 13.0 Å². The summed E-state index contributed by atoms with van der Waals surface area (Å²) in [4.78, 5) is 12.7. The zero-order chi connectivity index (χ0) is 14.6. The zero-order valence-electron chi connectivity index (χ0n) is 12.1. The zero-order valence-corrected chi connectivity index (χ0v) is 14.5. The first-order valence-electron chi connectivity index (χ1n) is 7.07. The van der Waals surface area contributed by atoms with Crippen molar-refractivity contribution < 1.29 is 4.79 Å². The minimum absolute atomic E-state index is 0. The molecule has 0 bridgehead atoms. The van der Waals surface area contributed by atoms with Gasteiger partial charge in [0, 0.05) is 28.6 Å². The third-order valence-corrected chi connectivity index (χ3v) is 4.13. The molecule has 0 spiro atoms. The molecule has 3 N–H and O–H groups in total. The number of benzene rings is 1. The van der Waals surface area contributed by atoms with Crippen LogP contribution in [0.2, 0.25) is 5.02 Å². The van der Waals surface area contributed by atoms with E-state index in [1.807, 2.05) is 24.3 Å². The lowest BCUT2D eigenvalue weighted by Crippen LogP contribution is -2.25. The Hall–Kier alpha value is -0.420. The van der Waals surface area contributed by atoms with Gasteiger partial charge in [0.15, 0.2) is 0 Å². The van der Waals surface area contributed by atoms with Gasteiger partial charge in [-0.25, -0.2) is 0 Å². The number of rotatable bonds is 10. The summed E-state index contributed by atoms with van der Waals surface area (Å²) in [5, 5.41) is 3.69. The molecule has 6 heteroatoms. The van der Waals surface area contributed by atoms with Crippen molar-refractivity contribution >= 4 is 41.7 Å². The predicted octanol–water partition coefficient (Wildman–Crippen LogP) is 3.88. The first-order chi connectivity index (χ1) is 9.72. The third kappa shape index (κ3) is 10.9. The topological polar surface area (TPSA) is 55.1 Å². The number of nitrogens with two attached hydrogens (primary N) is 1. The maximum absolute atomic E-state index is 11.6. The lowest BCUT2D eigenvalue weighted by Gasteiger charge is -2.05. The van der Waals surface area contributed by atoms with Crippen LogP contribution in [0.3, 0.4) is 0 Å². The molecule has 120 valence electrons. The van der Waals surface area contributed by atoms with E-state index in [1.54, 1.807) is 11.8 Å². The molecule has 0 unspecified atom stereocenters. The highest BCUT2D eigenvalue weighted by molar-refractivity contribution is 7.99. The van der Waals surface area contributed by atoms with Crippen molar-refractivity contribution in [3.05, 3.63) is 29.3 Å². The average Bonchev–Trinajstić information content (AvgIpc) is 2.45. The molecular weight excluding hydrogens is 327 g/mol. The molecule has 0 saturated heterocycles. The SMILES string of the molecule is Cl.NCCCCCCC(=O)NCCSc1ccc(Cl)cc1. The molecule has 0 aliphatic carbocycles. The minimum Gasteiger partial charge on any atom is -0.355 e. The Kier molecular flexibility index (Phi) is 13.0. The van der Waals surface area contributed by atoms with E-state index in [9.17, 15) is 4.79 Å². The lowest BCUT2D eigenvalue weighted by molar-refractivity contribution is -0.121. The molecule has 0 fully saturated rings. The third-order valence-electron chi connectivity index (χ3n) is 2.86. The Labute approximate surface area is 142 Å². The van der Waals surface area contributed by atoms with E-state index in [4.69, 9.17) is 17.3 Å². The normalized spacial score (nSPS) is 10.0. The Morgan fingerprint density at radius 2 is 1.81 bits per heavy atom. The number of hydrogen-bond donors (Lipinski definition) is 2. The van der Waals surface area contributed by atoms with Crippen molar-refractivity contribution in [2.24, 2.45) is 5.73 Å². The molecule has 1 rings (SSSR count). The van der Waals surface area contributed by atoms with Gasteiger partial charge in [0.2, 0.25) is 5.91 Å². The van der Waals surface area contributed by atoms with Crippen molar-refractivity contribution in [2.75, 3.05) is 18.8 Å². The van der Waals surface area contributed by atoms with Crippen LogP contribution >= 0.6 is 35.8 Å². The van der Waals surface area contributed by atoms with Crippen LogP contribution in [-0.2, 0) is 4.79 Å². The maximum atomic E-state index is 11.6. The largest absolute Gasteiger partial charge is 0.355 e. The van der Waals surface area contributed by atoms with E-state index in [2.05, 4.69) is 5.32 Å². The van der Waals surface area contributed by atoms with Crippen molar-refractivity contribution in [3.63, 3.8) is 0 Å². The highest BCUT2D eigenvalue weighted by Gasteiger charge is 2.00. The summed E-state index contributed by atoms with van der Waals surface area (Å²) in [6.07, 6.45) is 4.84. The summed E-state index contributed by atoms with van der Waals surface area (Å²) in [6.45, 7) is 1.45. The molecule has 0 atom stereocenters. The van der Waals surface area contributed by atoms with Crippen LogP contribution < -0.4 is 11.1 Å². The number of carbonyl (C=O) groups is 1. The smallest absolute Gasteiger partial charge is 0.220 e. The molecule has 1 aromatic rings. The fraction of sp³-hybridized carbons (Fsp3) is 0.533. The van der Waals surface area contributed by atoms with Crippen LogP contribution in [0.1, 0.15) is 32.1 Å².